The summed E-state index contributed by atoms with van der Waals surface area (Å²) in [6, 6.07) is 7.77. The van der Waals surface area contributed by atoms with Gasteiger partial charge in [-0.05, 0) is 37.0 Å². The Morgan fingerprint density at radius 1 is 1.29 bits per heavy atom. The minimum atomic E-state index is -0.330. The Kier molecular flexibility index (Phi) is 10.3. The van der Waals surface area contributed by atoms with Crippen molar-refractivity contribution < 1.29 is 19.0 Å². The number of carbonyl (C=O) groups is 1. The number of methoxy groups -OCH3 is 1. The van der Waals surface area contributed by atoms with Gasteiger partial charge in [0.15, 0.2) is 5.96 Å². The van der Waals surface area contributed by atoms with Crippen molar-refractivity contribution in [1.82, 2.24) is 10.6 Å². The van der Waals surface area contributed by atoms with E-state index < -0.39 is 0 Å². The van der Waals surface area contributed by atoms with Gasteiger partial charge in [-0.2, -0.15) is 0 Å². The Hall–Kier alpha value is -2.16. The molecule has 2 rings (SSSR count). The van der Waals surface area contributed by atoms with Gasteiger partial charge >= 0.3 is 0 Å². The number of aliphatic imine (C=N–C) groups is 1. The molecule has 0 aromatic heterocycles. The zero-order valence-electron chi connectivity index (χ0n) is 16.8. The molecule has 0 aliphatic carbocycles. The predicted octanol–water partition coefficient (Wildman–Crippen LogP) is 1.52. The van der Waals surface area contributed by atoms with Crippen molar-refractivity contribution in [3.8, 4) is 0 Å². The fourth-order valence-electron chi connectivity index (χ4n) is 2.80. The van der Waals surface area contributed by atoms with E-state index in [-0.39, 0.29) is 12.0 Å². The summed E-state index contributed by atoms with van der Waals surface area (Å²) < 4.78 is 15.8. The lowest BCUT2D eigenvalue weighted by atomic mass is 10.2. The number of guanidine groups is 1. The van der Waals surface area contributed by atoms with Crippen molar-refractivity contribution >= 4 is 17.6 Å². The number of carbonyl (C=O) groups excluding carboxylic acids is 1. The number of nitrogens with zero attached hydrogens (tertiary/aromatic N) is 1. The smallest absolute Gasteiger partial charge is 0.253 e. The highest BCUT2D eigenvalue weighted by atomic mass is 16.5. The molecule has 1 aromatic rings. The number of amides is 1. The van der Waals surface area contributed by atoms with Crippen LogP contribution in [-0.4, -0.2) is 65.1 Å². The minimum absolute atomic E-state index is 0.0761. The topological polar surface area (TPSA) is 93.2 Å². The molecule has 8 nitrogen and oxygen atoms in total. The highest BCUT2D eigenvalue weighted by molar-refractivity contribution is 5.94. The molecule has 0 spiro atoms. The van der Waals surface area contributed by atoms with Gasteiger partial charge in [-0.25, -0.2) is 0 Å². The molecule has 1 amide bonds. The van der Waals surface area contributed by atoms with Gasteiger partial charge in [-0.1, -0.05) is 12.1 Å². The van der Waals surface area contributed by atoms with Gasteiger partial charge < -0.3 is 30.2 Å². The average Bonchev–Trinajstić information content (AvgIpc) is 3.25. The number of hydrogen-bond donors (Lipinski definition) is 3. The molecule has 1 aromatic carbocycles. The van der Waals surface area contributed by atoms with Crippen LogP contribution in [0.5, 0.6) is 0 Å². The normalized spacial score (nSPS) is 16.8. The molecule has 28 heavy (non-hydrogen) atoms. The van der Waals surface area contributed by atoms with E-state index in [1.165, 1.54) is 0 Å². The summed E-state index contributed by atoms with van der Waals surface area (Å²) in [6.07, 6.45) is 2.28. The SMILES string of the molecule is CN=C(NCCCOCCOC)NCc1cccc(NC(=O)C2CCCO2)c1. The average molecular weight is 393 g/mol. The third-order valence-corrected chi connectivity index (χ3v) is 4.29. The van der Waals surface area contributed by atoms with E-state index in [1.54, 1.807) is 14.2 Å². The van der Waals surface area contributed by atoms with Gasteiger partial charge in [0.25, 0.3) is 5.91 Å². The second-order valence-electron chi connectivity index (χ2n) is 6.50. The van der Waals surface area contributed by atoms with Gasteiger partial charge in [0.2, 0.25) is 0 Å². The van der Waals surface area contributed by atoms with Crippen LogP contribution in [0.15, 0.2) is 29.3 Å². The van der Waals surface area contributed by atoms with E-state index in [4.69, 9.17) is 14.2 Å². The molecule has 1 unspecified atom stereocenters. The van der Waals surface area contributed by atoms with E-state index >= 15 is 0 Å². The molecule has 1 saturated heterocycles. The van der Waals surface area contributed by atoms with Crippen LogP contribution in [0, 0.1) is 0 Å². The first-order valence-electron chi connectivity index (χ1n) is 9.75. The van der Waals surface area contributed by atoms with Crippen LogP contribution in [0.1, 0.15) is 24.8 Å². The summed E-state index contributed by atoms with van der Waals surface area (Å²) in [4.78, 5) is 16.4. The summed E-state index contributed by atoms with van der Waals surface area (Å²) in [5, 5.41) is 9.46. The Morgan fingerprint density at radius 3 is 2.93 bits per heavy atom. The number of anilines is 1. The zero-order valence-corrected chi connectivity index (χ0v) is 16.8. The van der Waals surface area contributed by atoms with Gasteiger partial charge in [-0.3, -0.25) is 9.79 Å². The zero-order chi connectivity index (χ0) is 20.0. The maximum Gasteiger partial charge on any atom is 0.253 e. The standard InChI is InChI=1S/C20H32N4O4/c1-21-20(22-9-5-10-27-13-12-26-2)23-15-16-6-3-7-17(14-16)24-19(25)18-8-4-11-28-18/h3,6-7,14,18H,4-5,8-13,15H2,1-2H3,(H,24,25)(H2,21,22,23). The van der Waals surface area contributed by atoms with Crippen LogP contribution in [0.4, 0.5) is 5.69 Å². The second-order valence-corrected chi connectivity index (χ2v) is 6.50. The molecule has 0 bridgehead atoms. The first-order valence-corrected chi connectivity index (χ1v) is 9.75. The molecule has 1 atom stereocenters. The molecule has 1 fully saturated rings. The molecule has 1 aliphatic rings. The third kappa shape index (κ3) is 8.24. The second kappa shape index (κ2) is 13.1. The summed E-state index contributed by atoms with van der Waals surface area (Å²) in [5.41, 5.74) is 1.83. The first-order chi connectivity index (χ1) is 13.7. The van der Waals surface area contributed by atoms with Crippen LogP contribution >= 0.6 is 0 Å². The molecule has 0 radical (unpaired) electrons. The Bertz CT molecular complexity index is 618. The molecule has 8 heteroatoms. The van der Waals surface area contributed by atoms with Gasteiger partial charge in [0, 0.05) is 46.1 Å². The number of nitrogens with one attached hydrogen (secondary N) is 3. The monoisotopic (exact) mass is 392 g/mol. The lowest BCUT2D eigenvalue weighted by Crippen LogP contribution is -2.37. The molecule has 1 heterocycles. The van der Waals surface area contributed by atoms with Crippen LogP contribution in [-0.2, 0) is 25.5 Å². The van der Waals surface area contributed by atoms with Gasteiger partial charge in [0.05, 0.1) is 13.2 Å². The first kappa shape index (κ1) is 22.1. The summed E-state index contributed by atoms with van der Waals surface area (Å²) in [7, 11) is 3.40. The van der Waals surface area contributed by atoms with Crippen LogP contribution < -0.4 is 16.0 Å². The predicted molar refractivity (Wildman–Crippen MR) is 110 cm³/mol. The Balaban J connectivity index is 1.69. The number of ether oxygens (including phenoxy) is 3. The fraction of sp³-hybridized carbons (Fsp3) is 0.600. The van der Waals surface area contributed by atoms with Crippen LogP contribution in [0.2, 0.25) is 0 Å². The Morgan fingerprint density at radius 2 is 2.18 bits per heavy atom. The number of benzene rings is 1. The van der Waals surface area contributed by atoms with E-state index in [1.807, 2.05) is 24.3 Å². The summed E-state index contributed by atoms with van der Waals surface area (Å²) in [6.45, 7) is 3.94. The molecular formula is C20H32N4O4. The van der Waals surface area contributed by atoms with E-state index in [9.17, 15) is 4.79 Å². The van der Waals surface area contributed by atoms with Crippen molar-refractivity contribution in [2.75, 3.05) is 52.4 Å². The van der Waals surface area contributed by atoms with Crippen molar-refractivity contribution in [3.05, 3.63) is 29.8 Å². The van der Waals surface area contributed by atoms with Crippen molar-refractivity contribution in [1.29, 1.82) is 0 Å². The van der Waals surface area contributed by atoms with Crippen LogP contribution in [0.3, 0.4) is 0 Å². The number of hydrogen-bond acceptors (Lipinski definition) is 5. The van der Waals surface area contributed by atoms with E-state index in [2.05, 4.69) is 20.9 Å². The lowest BCUT2D eigenvalue weighted by Gasteiger charge is -2.14. The van der Waals surface area contributed by atoms with Crippen molar-refractivity contribution in [3.63, 3.8) is 0 Å². The summed E-state index contributed by atoms with van der Waals surface area (Å²) >= 11 is 0. The number of rotatable bonds is 11. The highest BCUT2D eigenvalue weighted by Crippen LogP contribution is 2.16. The molecule has 0 saturated carbocycles. The van der Waals surface area contributed by atoms with Gasteiger partial charge in [0.1, 0.15) is 6.10 Å². The molecule has 156 valence electrons. The quantitative estimate of drug-likeness (QED) is 0.300. The summed E-state index contributed by atoms with van der Waals surface area (Å²) in [5.74, 6) is 0.651. The fourth-order valence-corrected chi connectivity index (χ4v) is 2.80. The van der Waals surface area contributed by atoms with Gasteiger partial charge in [-0.15, -0.1) is 0 Å². The molecule has 1 aliphatic heterocycles. The van der Waals surface area contributed by atoms with E-state index in [0.717, 1.165) is 43.0 Å². The maximum absolute atomic E-state index is 12.2. The minimum Gasteiger partial charge on any atom is -0.382 e. The molecule has 3 N–H and O–H groups in total. The highest BCUT2D eigenvalue weighted by Gasteiger charge is 2.23. The maximum atomic E-state index is 12.2. The van der Waals surface area contributed by atoms with Crippen molar-refractivity contribution in [2.45, 2.75) is 31.9 Å². The molecular weight excluding hydrogens is 360 g/mol. The third-order valence-electron chi connectivity index (χ3n) is 4.29. The van der Waals surface area contributed by atoms with Crippen molar-refractivity contribution in [2.24, 2.45) is 4.99 Å². The lowest BCUT2D eigenvalue weighted by molar-refractivity contribution is -0.124. The van der Waals surface area contributed by atoms with E-state index in [0.29, 0.717) is 33.0 Å². The Labute approximate surface area is 167 Å². The van der Waals surface area contributed by atoms with Crippen LogP contribution in [0.25, 0.3) is 0 Å². The largest absolute Gasteiger partial charge is 0.382 e.